The Hall–Kier alpha value is -2.16. The number of hydrogen-bond acceptors (Lipinski definition) is 6. The van der Waals surface area contributed by atoms with Crippen molar-refractivity contribution in [1.29, 1.82) is 0 Å². The quantitative estimate of drug-likeness (QED) is 0.530. The Bertz CT molecular complexity index is 1140. The molecular weight excluding hydrogens is 424 g/mol. The molecule has 8 heteroatoms. The summed E-state index contributed by atoms with van der Waals surface area (Å²) >= 11 is 3.17. The van der Waals surface area contributed by atoms with Gasteiger partial charge in [0.15, 0.2) is 14.2 Å². The fraction of sp³-hybridized carbons (Fsp3) is 0.238. The molecule has 5 nitrogen and oxygen atoms in total. The second-order valence-electron chi connectivity index (χ2n) is 6.60. The number of amides is 1. The van der Waals surface area contributed by atoms with Crippen LogP contribution in [-0.2, 0) is 9.84 Å². The molecule has 0 aliphatic heterocycles. The maximum absolute atomic E-state index is 12.8. The van der Waals surface area contributed by atoms with E-state index >= 15 is 0 Å². The lowest BCUT2D eigenvalue weighted by atomic mass is 10.1. The van der Waals surface area contributed by atoms with Crippen LogP contribution in [0.3, 0.4) is 0 Å². The molecule has 1 amide bonds. The van der Waals surface area contributed by atoms with Crippen molar-refractivity contribution in [2.45, 2.75) is 41.3 Å². The highest BCUT2D eigenvalue weighted by atomic mass is 32.2. The van der Waals surface area contributed by atoms with Crippen LogP contribution in [0.4, 0.5) is 5.69 Å². The minimum absolute atomic E-state index is 0.0124. The molecule has 152 valence electrons. The van der Waals surface area contributed by atoms with Crippen LogP contribution in [0.2, 0.25) is 0 Å². The topological polar surface area (TPSA) is 76.1 Å². The van der Waals surface area contributed by atoms with E-state index in [4.69, 9.17) is 0 Å². The highest BCUT2D eigenvalue weighted by Gasteiger charge is 2.21. The Labute approximate surface area is 179 Å². The zero-order chi connectivity index (χ0) is 21.0. The number of carbonyl (C=O) groups is 1. The molecule has 0 aliphatic rings. The van der Waals surface area contributed by atoms with Crippen LogP contribution in [0.5, 0.6) is 0 Å². The molecule has 0 fully saturated rings. The zero-order valence-corrected chi connectivity index (χ0v) is 18.9. The monoisotopic (exact) mass is 446 g/mol. The van der Waals surface area contributed by atoms with Crippen LogP contribution in [-0.4, -0.2) is 25.1 Å². The van der Waals surface area contributed by atoms with Crippen LogP contribution < -0.4 is 5.32 Å². The summed E-state index contributed by atoms with van der Waals surface area (Å²) in [6.45, 7) is 5.67. The van der Waals surface area contributed by atoms with Gasteiger partial charge >= 0.3 is 0 Å². The Kier molecular flexibility index (Phi) is 6.77. The number of nitrogens with one attached hydrogen (secondary N) is 1. The molecular formula is C21H22N2O3S3. The van der Waals surface area contributed by atoms with E-state index in [0.29, 0.717) is 12.1 Å². The van der Waals surface area contributed by atoms with Crippen molar-refractivity contribution >= 4 is 44.5 Å². The number of aromatic nitrogens is 1. The maximum Gasteiger partial charge on any atom is 0.256 e. The molecule has 1 heterocycles. The first kappa shape index (κ1) is 21.5. The highest BCUT2D eigenvalue weighted by Crippen LogP contribution is 2.32. The van der Waals surface area contributed by atoms with Crippen LogP contribution in [0.25, 0.3) is 0 Å². The lowest BCUT2D eigenvalue weighted by Crippen LogP contribution is -2.18. The van der Waals surface area contributed by atoms with Gasteiger partial charge in [0.1, 0.15) is 0 Å². The smallest absolute Gasteiger partial charge is 0.256 e. The van der Waals surface area contributed by atoms with E-state index in [1.165, 1.54) is 6.07 Å². The average Bonchev–Trinajstić information content (AvgIpc) is 3.08. The van der Waals surface area contributed by atoms with Gasteiger partial charge in [-0.2, -0.15) is 0 Å². The molecule has 0 spiro atoms. The molecule has 29 heavy (non-hydrogen) atoms. The number of benzene rings is 2. The first-order valence-corrected chi connectivity index (χ1v) is 12.5. The minimum Gasteiger partial charge on any atom is -0.322 e. The summed E-state index contributed by atoms with van der Waals surface area (Å²) in [7, 11) is -3.50. The normalized spacial score (nSPS) is 11.4. The van der Waals surface area contributed by atoms with E-state index in [0.717, 1.165) is 20.5 Å². The number of carbonyl (C=O) groups excluding carboxylic acids is 1. The van der Waals surface area contributed by atoms with Crippen molar-refractivity contribution in [1.82, 2.24) is 4.98 Å². The van der Waals surface area contributed by atoms with Gasteiger partial charge < -0.3 is 5.32 Å². The molecule has 1 aromatic heterocycles. The summed E-state index contributed by atoms with van der Waals surface area (Å²) in [4.78, 5) is 18.4. The Balaban J connectivity index is 1.81. The van der Waals surface area contributed by atoms with E-state index < -0.39 is 15.7 Å². The lowest BCUT2D eigenvalue weighted by Gasteiger charge is -2.13. The van der Waals surface area contributed by atoms with Crippen LogP contribution in [0.1, 0.15) is 35.0 Å². The summed E-state index contributed by atoms with van der Waals surface area (Å²) in [5, 5.41) is 4.86. The second kappa shape index (κ2) is 9.11. The standard InChI is InChI=1S/C21H22N2O3S3/c1-4-11-29(25,26)19-8-6-5-7-17(19)20(24)23-18-10-9-16(12-14(18)2)28-21-22-15(3)13-27-21/h5-10,12-13H,4,11H2,1-3H3,(H,23,24). The molecule has 0 bridgehead atoms. The number of hydrogen-bond donors (Lipinski definition) is 1. The minimum atomic E-state index is -3.50. The molecule has 0 radical (unpaired) electrons. The fourth-order valence-corrected chi connectivity index (χ4v) is 6.26. The third-order valence-electron chi connectivity index (χ3n) is 4.19. The van der Waals surface area contributed by atoms with Gasteiger partial charge in [-0.25, -0.2) is 13.4 Å². The van der Waals surface area contributed by atoms with Crippen molar-refractivity contribution in [3.8, 4) is 0 Å². The Morgan fingerprint density at radius 3 is 2.59 bits per heavy atom. The third kappa shape index (κ3) is 5.26. The van der Waals surface area contributed by atoms with Crippen LogP contribution in [0, 0.1) is 13.8 Å². The molecule has 0 atom stereocenters. The molecule has 3 aromatic rings. The number of aryl methyl sites for hydroxylation is 2. The third-order valence-corrected chi connectivity index (χ3v) is 8.21. The van der Waals surface area contributed by atoms with Crippen molar-refractivity contribution < 1.29 is 13.2 Å². The van der Waals surface area contributed by atoms with E-state index in [9.17, 15) is 13.2 Å². The van der Waals surface area contributed by atoms with Crippen LogP contribution >= 0.6 is 23.1 Å². The van der Waals surface area contributed by atoms with Crippen molar-refractivity contribution in [2.24, 2.45) is 0 Å². The van der Waals surface area contributed by atoms with Crippen molar-refractivity contribution in [3.05, 3.63) is 64.7 Å². The molecule has 0 saturated heterocycles. The summed E-state index contributed by atoms with van der Waals surface area (Å²) in [5.41, 5.74) is 2.70. The molecule has 1 N–H and O–H groups in total. The number of thiazole rings is 1. The molecule has 3 rings (SSSR count). The van der Waals surface area contributed by atoms with Crippen LogP contribution in [0.15, 0.2) is 62.0 Å². The summed E-state index contributed by atoms with van der Waals surface area (Å²) in [6, 6.07) is 12.1. The Morgan fingerprint density at radius 1 is 1.17 bits per heavy atom. The van der Waals surface area contributed by atoms with Gasteiger partial charge in [0, 0.05) is 21.7 Å². The lowest BCUT2D eigenvalue weighted by molar-refractivity contribution is 0.102. The number of rotatable bonds is 7. The van der Waals surface area contributed by atoms with E-state index in [1.54, 1.807) is 48.2 Å². The van der Waals surface area contributed by atoms with Gasteiger partial charge in [-0.3, -0.25) is 4.79 Å². The molecule has 2 aromatic carbocycles. The summed E-state index contributed by atoms with van der Waals surface area (Å²) in [5.74, 6) is -0.419. The van der Waals surface area contributed by atoms with Gasteiger partial charge in [-0.05, 0) is 56.2 Å². The first-order valence-electron chi connectivity index (χ1n) is 9.14. The van der Waals surface area contributed by atoms with Crippen molar-refractivity contribution in [3.63, 3.8) is 0 Å². The SMILES string of the molecule is CCCS(=O)(=O)c1ccccc1C(=O)Nc1ccc(Sc2nc(C)cs2)cc1C. The summed E-state index contributed by atoms with van der Waals surface area (Å²) < 4.78 is 26.0. The largest absolute Gasteiger partial charge is 0.322 e. The van der Waals surface area contributed by atoms with Gasteiger partial charge in [-0.1, -0.05) is 30.8 Å². The van der Waals surface area contributed by atoms with Gasteiger partial charge in [0.05, 0.1) is 16.2 Å². The van der Waals surface area contributed by atoms with E-state index in [2.05, 4.69) is 10.3 Å². The van der Waals surface area contributed by atoms with Crippen molar-refractivity contribution in [2.75, 3.05) is 11.1 Å². The van der Waals surface area contributed by atoms with E-state index in [1.807, 2.05) is 37.4 Å². The predicted octanol–water partition coefficient (Wildman–Crippen LogP) is 5.35. The fourth-order valence-electron chi connectivity index (χ4n) is 2.81. The zero-order valence-electron chi connectivity index (χ0n) is 16.4. The van der Waals surface area contributed by atoms with Gasteiger partial charge in [0.25, 0.3) is 5.91 Å². The molecule has 0 aliphatic carbocycles. The predicted molar refractivity (Wildman–Crippen MR) is 119 cm³/mol. The molecule has 0 saturated carbocycles. The number of nitrogens with zero attached hydrogens (tertiary/aromatic N) is 1. The van der Waals surface area contributed by atoms with E-state index in [-0.39, 0.29) is 16.2 Å². The molecule has 0 unspecified atom stereocenters. The first-order chi connectivity index (χ1) is 13.8. The maximum atomic E-state index is 12.8. The van der Waals surface area contributed by atoms with Gasteiger partial charge in [0.2, 0.25) is 0 Å². The number of sulfone groups is 1. The summed E-state index contributed by atoms with van der Waals surface area (Å²) in [6.07, 6.45) is 0.495. The van der Waals surface area contributed by atoms with Gasteiger partial charge in [-0.15, -0.1) is 11.3 Å². The second-order valence-corrected chi connectivity index (χ2v) is 10.9. The number of anilines is 1. The Morgan fingerprint density at radius 2 is 1.93 bits per heavy atom. The highest BCUT2D eigenvalue weighted by molar-refractivity contribution is 8.01. The average molecular weight is 447 g/mol.